The summed E-state index contributed by atoms with van der Waals surface area (Å²) in [6.07, 6.45) is 7.51. The van der Waals surface area contributed by atoms with Crippen molar-refractivity contribution in [3.63, 3.8) is 0 Å². The zero-order chi connectivity index (χ0) is 34.6. The molecule has 0 aromatic carbocycles. The van der Waals surface area contributed by atoms with Gasteiger partial charge < -0.3 is 20.7 Å². The summed E-state index contributed by atoms with van der Waals surface area (Å²) in [6.45, 7) is 9.08. The maximum atomic E-state index is 13.9. The van der Waals surface area contributed by atoms with Crippen LogP contribution >= 0.6 is 0 Å². The van der Waals surface area contributed by atoms with Crippen molar-refractivity contribution in [3.8, 4) is 5.88 Å². The maximum absolute atomic E-state index is 13.9. The first-order chi connectivity index (χ1) is 23.5. The summed E-state index contributed by atoms with van der Waals surface area (Å²) in [5.74, 6) is 1.58. The van der Waals surface area contributed by atoms with E-state index in [2.05, 4.69) is 25.1 Å². The topological polar surface area (TPSA) is 180 Å². The molecule has 3 saturated heterocycles. The summed E-state index contributed by atoms with van der Waals surface area (Å²) in [5, 5.41) is 20.0. The van der Waals surface area contributed by atoms with Gasteiger partial charge in [-0.05, 0) is 70.7 Å². The number of aromatic nitrogens is 2. The van der Waals surface area contributed by atoms with E-state index in [0.29, 0.717) is 86.6 Å². The van der Waals surface area contributed by atoms with Gasteiger partial charge in [-0.1, -0.05) is 0 Å². The number of hydrogen-bond donors (Lipinski definition) is 4. The van der Waals surface area contributed by atoms with Gasteiger partial charge in [0.1, 0.15) is 17.3 Å². The number of amides is 2. The largest absolute Gasteiger partial charge is 0.475 e. The molecule has 3 saturated carbocycles. The Morgan fingerprint density at radius 2 is 1.82 bits per heavy atom. The van der Waals surface area contributed by atoms with Crippen LogP contribution in [0, 0.1) is 21.6 Å². The van der Waals surface area contributed by atoms with Crippen LogP contribution in [0.4, 0.5) is 11.5 Å². The van der Waals surface area contributed by atoms with Crippen LogP contribution in [0.3, 0.4) is 0 Å². The lowest BCUT2D eigenvalue weighted by atomic mass is 9.38. The molecule has 14 nitrogen and oxygen atoms in total. The van der Waals surface area contributed by atoms with Crippen molar-refractivity contribution in [1.82, 2.24) is 30.0 Å². The van der Waals surface area contributed by atoms with Gasteiger partial charge in [0.05, 0.1) is 35.8 Å². The summed E-state index contributed by atoms with van der Waals surface area (Å²) in [4.78, 5) is 48.9. The number of anilines is 2. The third kappa shape index (κ3) is 5.84. The Hall–Kier alpha value is -4.43. The maximum Gasteiger partial charge on any atom is 0.236 e. The van der Waals surface area contributed by atoms with Gasteiger partial charge in [0, 0.05) is 75.1 Å². The van der Waals surface area contributed by atoms with E-state index < -0.39 is 5.41 Å². The molecule has 3 aliphatic carbocycles. The van der Waals surface area contributed by atoms with Crippen LogP contribution in [0.25, 0.3) is 0 Å². The number of nitrogens with zero attached hydrogens (tertiary/aromatic N) is 7. The average molecular weight is 670 g/mol. The lowest BCUT2D eigenvalue weighted by molar-refractivity contribution is -0.190. The van der Waals surface area contributed by atoms with Gasteiger partial charge in [0.15, 0.2) is 0 Å². The standard InChI is InChI=1S/C35H47N11O3/c1-23(2)49-27-7-4-24(16-40-27)29(37)30-25(36)5-6-26(42-30)46-11-9-33(32(46)48)8-10-43(21-33)17-28(47)44-12-14-45(15-13-44)35-18-34(19-35,20-35)31(38)41-22-39-3/h4-7,16,22-23,37H,8-15,17-21,36H2,1-3H3,(H2,38,39,41)/t33-,34?,35?/m0/s1. The number of ether oxygens (including phenoxy) is 1. The average Bonchev–Trinajstić information content (AvgIpc) is 3.61. The van der Waals surface area contributed by atoms with Crippen molar-refractivity contribution in [2.75, 3.05) is 70.0 Å². The Morgan fingerprint density at radius 1 is 1.08 bits per heavy atom. The summed E-state index contributed by atoms with van der Waals surface area (Å²) in [5.41, 5.74) is 7.17. The van der Waals surface area contributed by atoms with Gasteiger partial charge >= 0.3 is 0 Å². The van der Waals surface area contributed by atoms with Crippen molar-refractivity contribution in [3.05, 3.63) is 41.7 Å². The zero-order valence-corrected chi connectivity index (χ0v) is 28.7. The van der Waals surface area contributed by atoms with E-state index in [4.69, 9.17) is 26.3 Å². The molecular formula is C35H47N11O3. The Bertz CT molecular complexity index is 1660. The molecule has 0 radical (unpaired) electrons. The zero-order valence-electron chi connectivity index (χ0n) is 28.7. The number of nitrogens with two attached hydrogens (primary N) is 1. The van der Waals surface area contributed by atoms with Crippen LogP contribution in [0.15, 0.2) is 35.5 Å². The van der Waals surface area contributed by atoms with Gasteiger partial charge in [-0.2, -0.15) is 0 Å². The normalized spacial score (nSPS) is 28.3. The van der Waals surface area contributed by atoms with E-state index in [0.717, 1.165) is 32.4 Å². The minimum Gasteiger partial charge on any atom is -0.475 e. The second-order valence-corrected chi connectivity index (χ2v) is 14.8. The molecule has 8 rings (SSSR count). The van der Waals surface area contributed by atoms with E-state index in [1.54, 1.807) is 48.7 Å². The van der Waals surface area contributed by atoms with Crippen LogP contribution in [0.2, 0.25) is 0 Å². The molecule has 2 aromatic heterocycles. The predicted molar refractivity (Wildman–Crippen MR) is 187 cm³/mol. The van der Waals surface area contributed by atoms with Crippen LogP contribution in [-0.2, 0) is 9.59 Å². The fourth-order valence-electron chi connectivity index (χ4n) is 8.61. The predicted octanol–water partition coefficient (Wildman–Crippen LogP) is 1.98. The van der Waals surface area contributed by atoms with Crippen LogP contribution < -0.4 is 20.7 Å². The van der Waals surface area contributed by atoms with E-state index >= 15 is 0 Å². The molecule has 6 aliphatic rings. The minimum absolute atomic E-state index is 0.00858. The molecule has 2 amide bonds. The molecule has 3 aliphatic heterocycles. The highest BCUT2D eigenvalue weighted by Gasteiger charge is 2.72. The van der Waals surface area contributed by atoms with Gasteiger partial charge in [-0.15, -0.1) is 0 Å². The molecule has 49 heavy (non-hydrogen) atoms. The van der Waals surface area contributed by atoms with Gasteiger partial charge in [0.2, 0.25) is 17.7 Å². The lowest BCUT2D eigenvalue weighted by Crippen LogP contribution is -2.78. The van der Waals surface area contributed by atoms with Crippen molar-refractivity contribution in [2.45, 2.75) is 57.6 Å². The molecule has 1 atom stereocenters. The summed E-state index contributed by atoms with van der Waals surface area (Å²) >= 11 is 0. The summed E-state index contributed by atoms with van der Waals surface area (Å²) < 4.78 is 5.62. The molecule has 5 heterocycles. The fraction of sp³-hybridized carbons (Fsp3) is 0.571. The van der Waals surface area contributed by atoms with Crippen LogP contribution in [-0.4, -0.2) is 125 Å². The Kier molecular flexibility index (Phi) is 8.42. The monoisotopic (exact) mass is 669 g/mol. The minimum atomic E-state index is -0.545. The molecule has 1 spiro atoms. The molecule has 2 aromatic rings. The highest BCUT2D eigenvalue weighted by molar-refractivity contribution is 6.13. The lowest BCUT2D eigenvalue weighted by Gasteiger charge is -2.74. The van der Waals surface area contributed by atoms with Crippen LogP contribution in [0.1, 0.15) is 57.2 Å². The smallest absolute Gasteiger partial charge is 0.236 e. The second-order valence-electron chi connectivity index (χ2n) is 14.8. The number of likely N-dealkylation sites (tertiary alicyclic amines) is 1. The van der Waals surface area contributed by atoms with E-state index in [-0.39, 0.29) is 34.6 Å². The number of aliphatic imine (C=N–C) groups is 1. The van der Waals surface area contributed by atoms with E-state index in [9.17, 15) is 9.59 Å². The highest BCUT2D eigenvalue weighted by Crippen LogP contribution is 2.70. The third-order valence-electron chi connectivity index (χ3n) is 11.2. The number of nitrogens with one attached hydrogen (secondary N) is 3. The number of piperazine rings is 1. The second kappa shape index (κ2) is 12.5. The molecule has 260 valence electrons. The number of carbonyl (C=O) groups excluding carboxylic acids is 2. The number of pyridine rings is 2. The molecular weight excluding hydrogens is 622 g/mol. The number of hydrogen-bond acceptors (Lipinski definition) is 10. The summed E-state index contributed by atoms with van der Waals surface area (Å²) in [6, 6.07) is 6.92. The SMILES string of the molecule is CN/C=N\C(=N)C12CC(N3CCN(C(=O)CN4CC[C@]5(CCN(c6ccc(N)c(C(=N)c7ccc(OC(C)C)nc7)n6)C5=O)C4)CC3)(C1)C2. The Labute approximate surface area is 287 Å². The van der Waals surface area contributed by atoms with Crippen molar-refractivity contribution >= 4 is 41.2 Å². The van der Waals surface area contributed by atoms with Gasteiger partial charge in [-0.3, -0.25) is 35.1 Å². The van der Waals surface area contributed by atoms with E-state index in [1.807, 2.05) is 18.7 Å². The van der Waals surface area contributed by atoms with Gasteiger partial charge in [-0.25, -0.2) is 15.0 Å². The first-order valence-electron chi connectivity index (χ1n) is 17.3. The number of rotatable bonds is 10. The molecule has 14 heteroatoms. The number of nitrogen functional groups attached to an aromatic ring is 1. The fourth-order valence-corrected chi connectivity index (χ4v) is 8.61. The van der Waals surface area contributed by atoms with Crippen LogP contribution in [0.5, 0.6) is 5.88 Å². The molecule has 5 N–H and O–H groups in total. The van der Waals surface area contributed by atoms with Crippen molar-refractivity contribution in [2.24, 2.45) is 15.8 Å². The molecule has 6 fully saturated rings. The first kappa shape index (κ1) is 33.1. The molecule has 0 unspecified atom stereocenters. The first-order valence-corrected chi connectivity index (χ1v) is 17.3. The molecule has 2 bridgehead atoms. The highest BCUT2D eigenvalue weighted by atomic mass is 16.5. The summed E-state index contributed by atoms with van der Waals surface area (Å²) in [7, 11) is 1.79. The van der Waals surface area contributed by atoms with Crippen molar-refractivity contribution < 1.29 is 14.3 Å². The van der Waals surface area contributed by atoms with E-state index in [1.165, 1.54) is 0 Å². The third-order valence-corrected chi connectivity index (χ3v) is 11.2. The Balaban J connectivity index is 0.918. The quantitative estimate of drug-likeness (QED) is 0.217. The van der Waals surface area contributed by atoms with Crippen molar-refractivity contribution in [1.29, 1.82) is 10.8 Å². The number of amidine groups is 1. The Morgan fingerprint density at radius 3 is 2.49 bits per heavy atom. The van der Waals surface area contributed by atoms with Gasteiger partial charge in [0.25, 0.3) is 0 Å². The number of carbonyl (C=O) groups is 2.